The smallest absolute Gasteiger partial charge is 0.173 e. The summed E-state index contributed by atoms with van der Waals surface area (Å²) in [6.07, 6.45) is 5.69. The first-order valence-electron chi connectivity index (χ1n) is 8.03. The highest BCUT2D eigenvalue weighted by molar-refractivity contribution is 7.80. The fourth-order valence-corrected chi connectivity index (χ4v) is 3.01. The van der Waals surface area contributed by atoms with Crippen LogP contribution in [-0.2, 0) is 11.3 Å². The molecule has 0 saturated carbocycles. The van der Waals surface area contributed by atoms with E-state index in [1.807, 2.05) is 23.1 Å². The van der Waals surface area contributed by atoms with Gasteiger partial charge in [-0.2, -0.15) is 0 Å². The normalized spacial score (nSPS) is 16.8. The minimum Gasteiger partial charge on any atom is -0.376 e. The molecule has 1 aliphatic rings. The van der Waals surface area contributed by atoms with Gasteiger partial charge in [-0.05, 0) is 54.9 Å². The molecule has 2 heterocycles. The molecule has 0 amide bonds. The predicted molar refractivity (Wildman–Crippen MR) is 96.2 cm³/mol. The number of thiocarbonyl (C=S) groups is 1. The number of rotatable bonds is 5. The molecule has 1 atom stereocenters. The van der Waals surface area contributed by atoms with E-state index in [1.54, 1.807) is 18.5 Å². The molecule has 1 fully saturated rings. The van der Waals surface area contributed by atoms with Crippen molar-refractivity contribution < 1.29 is 9.13 Å². The van der Waals surface area contributed by atoms with E-state index in [2.05, 4.69) is 10.3 Å². The van der Waals surface area contributed by atoms with Crippen LogP contribution in [0, 0.1) is 5.82 Å². The van der Waals surface area contributed by atoms with Crippen molar-refractivity contribution in [1.82, 2.24) is 9.88 Å². The first-order valence-corrected chi connectivity index (χ1v) is 8.43. The Kier molecular flexibility index (Phi) is 5.72. The highest BCUT2D eigenvalue weighted by Crippen LogP contribution is 2.17. The van der Waals surface area contributed by atoms with Gasteiger partial charge in [-0.1, -0.05) is 12.1 Å². The summed E-state index contributed by atoms with van der Waals surface area (Å²) in [6.45, 7) is 2.01. The Hall–Kier alpha value is -2.05. The number of halogens is 1. The molecule has 1 aliphatic heterocycles. The van der Waals surface area contributed by atoms with Crippen LogP contribution in [0.1, 0.15) is 18.4 Å². The summed E-state index contributed by atoms with van der Waals surface area (Å²) >= 11 is 5.56. The van der Waals surface area contributed by atoms with Gasteiger partial charge in [-0.15, -0.1) is 0 Å². The molecule has 0 aliphatic carbocycles. The van der Waals surface area contributed by atoms with Crippen molar-refractivity contribution >= 4 is 23.0 Å². The number of hydrogen-bond donors (Lipinski definition) is 1. The van der Waals surface area contributed by atoms with Crippen LogP contribution in [0.4, 0.5) is 10.1 Å². The molecule has 3 rings (SSSR count). The van der Waals surface area contributed by atoms with Crippen molar-refractivity contribution in [2.24, 2.45) is 0 Å². The molecule has 1 N–H and O–H groups in total. The van der Waals surface area contributed by atoms with E-state index < -0.39 is 0 Å². The van der Waals surface area contributed by atoms with E-state index in [9.17, 15) is 4.39 Å². The van der Waals surface area contributed by atoms with Gasteiger partial charge in [-0.3, -0.25) is 4.98 Å². The lowest BCUT2D eigenvalue weighted by molar-refractivity contribution is 0.0905. The van der Waals surface area contributed by atoms with Crippen molar-refractivity contribution in [2.45, 2.75) is 25.5 Å². The number of ether oxygens (including phenoxy) is 1. The molecule has 24 heavy (non-hydrogen) atoms. The number of pyridine rings is 1. The van der Waals surface area contributed by atoms with E-state index in [0.717, 1.165) is 30.7 Å². The molecule has 1 aromatic heterocycles. The molecule has 4 nitrogen and oxygen atoms in total. The van der Waals surface area contributed by atoms with Crippen molar-refractivity contribution in [3.63, 3.8) is 0 Å². The zero-order valence-electron chi connectivity index (χ0n) is 13.3. The molecule has 2 aromatic rings. The standard InChI is InChI=1S/C18H20FN3OS/c19-15-5-1-4-14(10-15)12-22(13-17-7-3-9-23-17)18(24)21-16-6-2-8-20-11-16/h1-2,4-6,8,10-11,17H,3,7,9,12-13H2,(H,21,24)/t17-/m1/s1. The van der Waals surface area contributed by atoms with Crippen LogP contribution in [0.15, 0.2) is 48.8 Å². The Morgan fingerprint density at radius 3 is 3.00 bits per heavy atom. The number of benzene rings is 1. The zero-order valence-corrected chi connectivity index (χ0v) is 14.1. The summed E-state index contributed by atoms with van der Waals surface area (Å²) in [5.41, 5.74) is 1.71. The molecule has 0 bridgehead atoms. The summed E-state index contributed by atoms with van der Waals surface area (Å²) in [4.78, 5) is 6.10. The van der Waals surface area contributed by atoms with Gasteiger partial charge in [0.2, 0.25) is 0 Å². The molecule has 0 unspecified atom stereocenters. The summed E-state index contributed by atoms with van der Waals surface area (Å²) in [7, 11) is 0. The van der Waals surface area contributed by atoms with E-state index in [1.165, 1.54) is 12.1 Å². The van der Waals surface area contributed by atoms with E-state index in [0.29, 0.717) is 18.2 Å². The van der Waals surface area contributed by atoms with Gasteiger partial charge in [-0.25, -0.2) is 4.39 Å². The van der Waals surface area contributed by atoms with E-state index in [-0.39, 0.29) is 11.9 Å². The van der Waals surface area contributed by atoms with E-state index in [4.69, 9.17) is 17.0 Å². The fourth-order valence-electron chi connectivity index (χ4n) is 2.75. The van der Waals surface area contributed by atoms with E-state index >= 15 is 0 Å². The molecular formula is C18H20FN3OS. The summed E-state index contributed by atoms with van der Waals surface area (Å²) in [5, 5.41) is 3.78. The molecule has 0 radical (unpaired) electrons. The van der Waals surface area contributed by atoms with Gasteiger partial charge in [0.25, 0.3) is 0 Å². The van der Waals surface area contributed by atoms with Crippen LogP contribution in [0.2, 0.25) is 0 Å². The monoisotopic (exact) mass is 345 g/mol. The molecule has 0 spiro atoms. The van der Waals surface area contributed by atoms with Gasteiger partial charge in [0.15, 0.2) is 5.11 Å². The third kappa shape index (κ3) is 4.72. The summed E-state index contributed by atoms with van der Waals surface area (Å²) in [6, 6.07) is 10.4. The first-order chi connectivity index (χ1) is 11.7. The predicted octanol–water partition coefficient (Wildman–Crippen LogP) is 3.60. The Labute approximate surface area is 146 Å². The van der Waals surface area contributed by atoms with Crippen molar-refractivity contribution in [1.29, 1.82) is 0 Å². The van der Waals surface area contributed by atoms with Crippen LogP contribution >= 0.6 is 12.2 Å². The number of anilines is 1. The third-order valence-electron chi connectivity index (χ3n) is 3.91. The van der Waals surface area contributed by atoms with Gasteiger partial charge in [0.05, 0.1) is 18.0 Å². The number of hydrogen-bond acceptors (Lipinski definition) is 3. The van der Waals surface area contributed by atoms with Crippen molar-refractivity contribution in [3.05, 3.63) is 60.2 Å². The minimum atomic E-state index is -0.240. The molecular weight excluding hydrogens is 325 g/mol. The summed E-state index contributed by atoms with van der Waals surface area (Å²) < 4.78 is 19.2. The largest absolute Gasteiger partial charge is 0.376 e. The maximum absolute atomic E-state index is 13.5. The highest BCUT2D eigenvalue weighted by atomic mass is 32.1. The lowest BCUT2D eigenvalue weighted by Gasteiger charge is -2.28. The maximum Gasteiger partial charge on any atom is 0.173 e. The topological polar surface area (TPSA) is 37.4 Å². The van der Waals surface area contributed by atoms with Gasteiger partial charge >= 0.3 is 0 Å². The average molecular weight is 345 g/mol. The van der Waals surface area contributed by atoms with Crippen molar-refractivity contribution in [2.75, 3.05) is 18.5 Å². The van der Waals surface area contributed by atoms with Crippen LogP contribution < -0.4 is 5.32 Å². The second kappa shape index (κ2) is 8.17. The SMILES string of the molecule is Fc1cccc(CN(C[C@H]2CCCO2)C(=S)Nc2cccnc2)c1. The second-order valence-corrected chi connectivity index (χ2v) is 6.20. The Morgan fingerprint density at radius 2 is 2.29 bits per heavy atom. The number of aromatic nitrogens is 1. The molecule has 1 saturated heterocycles. The number of nitrogens with zero attached hydrogens (tertiary/aromatic N) is 2. The van der Waals surface area contributed by atoms with Gasteiger partial charge in [0.1, 0.15) is 5.82 Å². The zero-order chi connectivity index (χ0) is 16.8. The lowest BCUT2D eigenvalue weighted by atomic mass is 10.2. The Morgan fingerprint density at radius 1 is 1.38 bits per heavy atom. The number of nitrogens with one attached hydrogen (secondary N) is 1. The Bertz CT molecular complexity index is 677. The van der Waals surface area contributed by atoms with Crippen LogP contribution in [0.5, 0.6) is 0 Å². The molecule has 126 valence electrons. The third-order valence-corrected chi connectivity index (χ3v) is 4.27. The lowest BCUT2D eigenvalue weighted by Crippen LogP contribution is -2.39. The summed E-state index contributed by atoms with van der Waals surface area (Å²) in [5.74, 6) is -0.240. The van der Waals surface area contributed by atoms with Gasteiger partial charge < -0.3 is 15.0 Å². The van der Waals surface area contributed by atoms with Crippen LogP contribution in [0.25, 0.3) is 0 Å². The highest BCUT2D eigenvalue weighted by Gasteiger charge is 2.21. The average Bonchev–Trinajstić information content (AvgIpc) is 3.08. The van der Waals surface area contributed by atoms with Crippen LogP contribution in [-0.4, -0.2) is 34.3 Å². The fraction of sp³-hybridized carbons (Fsp3) is 0.333. The quantitative estimate of drug-likeness (QED) is 0.838. The molecule has 6 heteroatoms. The minimum absolute atomic E-state index is 0.159. The maximum atomic E-state index is 13.5. The Balaban J connectivity index is 1.71. The first kappa shape index (κ1) is 16.8. The molecule has 1 aromatic carbocycles. The van der Waals surface area contributed by atoms with Gasteiger partial charge in [0, 0.05) is 25.9 Å². The van der Waals surface area contributed by atoms with Crippen LogP contribution in [0.3, 0.4) is 0 Å². The second-order valence-electron chi connectivity index (χ2n) is 5.82. The van der Waals surface area contributed by atoms with Crippen molar-refractivity contribution in [3.8, 4) is 0 Å².